The molecule has 0 aromatic heterocycles. The van der Waals surface area contributed by atoms with Gasteiger partial charge < -0.3 is 4.74 Å². The number of rotatable bonds is 2. The Morgan fingerprint density at radius 1 is 2.00 bits per heavy atom. The molecule has 0 fully saturated rings. The van der Waals surface area contributed by atoms with Gasteiger partial charge in [0.2, 0.25) is 5.22 Å². The van der Waals surface area contributed by atoms with E-state index in [1.54, 1.807) is 0 Å². The van der Waals surface area contributed by atoms with Crippen LogP contribution in [0, 0.1) is 0 Å². The van der Waals surface area contributed by atoms with E-state index in [1.165, 1.54) is 0 Å². The van der Waals surface area contributed by atoms with E-state index in [2.05, 4.69) is 33.0 Å². The lowest BCUT2D eigenvalue weighted by molar-refractivity contribution is 0.307. The zero-order valence-electron chi connectivity index (χ0n) is 3.58. The van der Waals surface area contributed by atoms with Gasteiger partial charge in [-0.3, -0.25) is 0 Å². The van der Waals surface area contributed by atoms with Crippen molar-refractivity contribution in [3.8, 4) is 0 Å². The lowest BCUT2D eigenvalue weighted by atomic mass is 10.9. The van der Waals surface area contributed by atoms with E-state index in [9.17, 15) is 0 Å². The van der Waals surface area contributed by atoms with Gasteiger partial charge in [-0.25, -0.2) is 0 Å². The fourth-order valence-electron chi connectivity index (χ4n) is 0.0989. The minimum absolute atomic E-state index is 0.192. The van der Waals surface area contributed by atoms with Gasteiger partial charge in [-0.15, -0.1) is 0 Å². The van der Waals surface area contributed by atoms with Crippen LogP contribution in [0.1, 0.15) is 0 Å². The van der Waals surface area contributed by atoms with Crippen molar-refractivity contribution < 1.29 is 4.74 Å². The predicted molar refractivity (Wildman–Crippen MR) is 33.4 cm³/mol. The number of hydrogen-bond donors (Lipinski definition) is 0. The highest BCUT2D eigenvalue weighted by Gasteiger charge is 1.81. The summed E-state index contributed by atoms with van der Waals surface area (Å²) in [4.78, 5) is 0. The number of halogens is 2. The Morgan fingerprint density at radius 2 is 2.57 bits per heavy atom. The largest absolute Gasteiger partial charge is 0.466 e. The van der Waals surface area contributed by atoms with Crippen molar-refractivity contribution in [2.45, 2.75) is 0 Å². The fourth-order valence-corrected chi connectivity index (χ4v) is 0.514. The Bertz CT molecular complexity index is 95.9. The molecule has 0 rings (SSSR count). The average molecular weight is 183 g/mol. The zero-order valence-corrected chi connectivity index (χ0v) is 5.92. The SMILES string of the molecule is C=C=C(Cl)OCBr. The normalized spacial score (nSPS) is 7.14. The van der Waals surface area contributed by atoms with Crippen LogP contribution in [-0.4, -0.2) is 5.52 Å². The van der Waals surface area contributed by atoms with Crippen LogP contribution in [0.3, 0.4) is 0 Å². The third-order valence-electron chi connectivity index (χ3n) is 0.320. The van der Waals surface area contributed by atoms with Crippen LogP contribution >= 0.6 is 27.5 Å². The highest BCUT2D eigenvalue weighted by Crippen LogP contribution is 2.00. The highest BCUT2D eigenvalue weighted by atomic mass is 79.9. The molecule has 0 radical (unpaired) electrons. The van der Waals surface area contributed by atoms with E-state index >= 15 is 0 Å². The van der Waals surface area contributed by atoms with Gasteiger partial charge in [0.25, 0.3) is 0 Å². The third kappa shape index (κ3) is 3.93. The molecule has 7 heavy (non-hydrogen) atoms. The Kier molecular flexibility index (Phi) is 4.31. The molecule has 0 aliphatic carbocycles. The van der Waals surface area contributed by atoms with Crippen LogP contribution in [0.25, 0.3) is 0 Å². The van der Waals surface area contributed by atoms with Crippen molar-refractivity contribution in [2.75, 3.05) is 5.52 Å². The number of hydrogen-bond acceptors (Lipinski definition) is 1. The summed E-state index contributed by atoms with van der Waals surface area (Å²) in [5.74, 6) is 0. The molecule has 0 heterocycles. The lowest BCUT2D eigenvalue weighted by Crippen LogP contribution is -1.76. The maximum absolute atomic E-state index is 5.26. The van der Waals surface area contributed by atoms with Gasteiger partial charge >= 0.3 is 0 Å². The maximum atomic E-state index is 5.26. The minimum Gasteiger partial charge on any atom is -0.466 e. The van der Waals surface area contributed by atoms with Gasteiger partial charge in [-0.05, 0) is 27.5 Å². The molecule has 0 aliphatic heterocycles. The molecule has 0 amide bonds. The molecule has 3 heteroatoms. The molecule has 0 aromatic carbocycles. The van der Waals surface area contributed by atoms with Gasteiger partial charge in [0, 0.05) is 0 Å². The summed E-state index contributed by atoms with van der Waals surface area (Å²) in [7, 11) is 0. The van der Waals surface area contributed by atoms with E-state index < -0.39 is 0 Å². The second-order valence-electron chi connectivity index (χ2n) is 0.704. The first kappa shape index (κ1) is 7.09. The Balaban J connectivity index is 3.37. The fraction of sp³-hybridized carbons (Fsp3) is 0.250. The van der Waals surface area contributed by atoms with Crippen LogP contribution in [0.4, 0.5) is 0 Å². The second-order valence-corrected chi connectivity index (χ2v) is 1.51. The van der Waals surface area contributed by atoms with Crippen LogP contribution < -0.4 is 0 Å². The molecule has 0 aromatic rings. The quantitative estimate of drug-likeness (QED) is 0.362. The molecular formula is C4H4BrClO. The van der Waals surface area contributed by atoms with E-state index in [4.69, 9.17) is 11.6 Å². The van der Waals surface area contributed by atoms with Crippen LogP contribution in [0.15, 0.2) is 17.5 Å². The first-order valence-electron chi connectivity index (χ1n) is 1.55. The summed E-state index contributed by atoms with van der Waals surface area (Å²) < 4.78 is 4.62. The van der Waals surface area contributed by atoms with Crippen molar-refractivity contribution >= 4 is 27.5 Å². The predicted octanol–water partition coefficient (Wildman–Crippen LogP) is 2.22. The van der Waals surface area contributed by atoms with Crippen molar-refractivity contribution in [3.63, 3.8) is 0 Å². The third-order valence-corrected chi connectivity index (χ3v) is 0.792. The molecule has 0 saturated heterocycles. The van der Waals surface area contributed by atoms with Crippen molar-refractivity contribution in [1.29, 1.82) is 0 Å². The second kappa shape index (κ2) is 4.25. The summed E-state index contributed by atoms with van der Waals surface area (Å²) in [6, 6.07) is 0. The monoisotopic (exact) mass is 182 g/mol. The van der Waals surface area contributed by atoms with Crippen LogP contribution in [0.5, 0.6) is 0 Å². The van der Waals surface area contributed by atoms with Crippen molar-refractivity contribution in [1.82, 2.24) is 0 Å². The van der Waals surface area contributed by atoms with Crippen molar-refractivity contribution in [2.24, 2.45) is 0 Å². The highest BCUT2D eigenvalue weighted by molar-refractivity contribution is 9.09. The van der Waals surface area contributed by atoms with Gasteiger partial charge in [-0.2, -0.15) is 0 Å². The summed E-state index contributed by atoms with van der Waals surface area (Å²) >= 11 is 8.25. The average Bonchev–Trinajstić information content (AvgIpc) is 1.68. The first-order valence-corrected chi connectivity index (χ1v) is 3.05. The molecule has 0 atom stereocenters. The summed E-state index contributed by atoms with van der Waals surface area (Å²) in [5, 5.41) is 0.192. The van der Waals surface area contributed by atoms with Crippen molar-refractivity contribution in [3.05, 3.63) is 17.5 Å². The molecule has 0 aliphatic rings. The molecule has 0 spiro atoms. The van der Waals surface area contributed by atoms with Crippen LogP contribution in [-0.2, 0) is 4.74 Å². The molecule has 0 unspecified atom stereocenters. The Morgan fingerprint density at radius 3 is 2.71 bits per heavy atom. The molecular weight excluding hydrogens is 179 g/mol. The lowest BCUT2D eigenvalue weighted by Gasteiger charge is -1.90. The zero-order chi connectivity index (χ0) is 5.70. The summed E-state index contributed by atoms with van der Waals surface area (Å²) in [6.45, 7) is 3.24. The van der Waals surface area contributed by atoms with E-state index in [0.717, 1.165) is 0 Å². The molecule has 0 bridgehead atoms. The number of alkyl halides is 1. The molecule has 1 nitrogen and oxygen atoms in total. The topological polar surface area (TPSA) is 9.23 Å². The smallest absolute Gasteiger partial charge is 0.232 e. The minimum atomic E-state index is 0.192. The molecule has 0 saturated carbocycles. The first-order chi connectivity index (χ1) is 3.31. The molecule has 40 valence electrons. The van der Waals surface area contributed by atoms with E-state index in [-0.39, 0.29) is 5.22 Å². The standard InChI is InChI=1S/C4H4BrClO/c1-2-4(6)7-3-5/h1,3H2. The summed E-state index contributed by atoms with van der Waals surface area (Å²) in [6.07, 6.45) is 0. The van der Waals surface area contributed by atoms with E-state index in [1.807, 2.05) is 0 Å². The van der Waals surface area contributed by atoms with Gasteiger partial charge in [0.05, 0.1) is 0 Å². The maximum Gasteiger partial charge on any atom is 0.232 e. The Hall–Kier alpha value is 0.0900. The van der Waals surface area contributed by atoms with Gasteiger partial charge in [0.15, 0.2) is 0 Å². The van der Waals surface area contributed by atoms with Gasteiger partial charge in [0.1, 0.15) is 5.52 Å². The van der Waals surface area contributed by atoms with Gasteiger partial charge in [-0.1, -0.05) is 12.3 Å². The van der Waals surface area contributed by atoms with Crippen LogP contribution in [0.2, 0.25) is 0 Å². The number of ether oxygens (including phenoxy) is 1. The van der Waals surface area contributed by atoms with E-state index in [0.29, 0.717) is 5.52 Å². The summed E-state index contributed by atoms with van der Waals surface area (Å²) in [5.41, 5.74) is 2.73. The Labute approximate surface area is 55.7 Å². The molecule has 0 N–H and O–H groups in total.